The molecule has 10 nitrogen and oxygen atoms in total. The zero-order chi connectivity index (χ0) is 27.2. The molecule has 2 aromatic rings. The Hall–Kier alpha value is -3.36. The number of hydrogen-bond acceptors (Lipinski definition) is 6. The Kier molecular flexibility index (Phi) is 9.34. The molecular weight excluding hydrogens is 539 g/mol. The summed E-state index contributed by atoms with van der Waals surface area (Å²) in [6.45, 7) is 1.43. The van der Waals surface area contributed by atoms with Crippen LogP contribution in [0.1, 0.15) is 22.2 Å². The number of nitrogens with zero attached hydrogens (tertiary/aromatic N) is 1. The molecule has 1 aromatic carbocycles. The molecule has 1 saturated heterocycles. The number of morpholine rings is 1. The first-order valence-electron chi connectivity index (χ1n) is 11.0. The minimum atomic E-state index is -4.87. The normalized spacial score (nSPS) is 14.6. The van der Waals surface area contributed by atoms with Gasteiger partial charge in [0.1, 0.15) is 12.6 Å². The molecule has 5 amide bonds. The summed E-state index contributed by atoms with van der Waals surface area (Å²) in [4.78, 5) is 50.8. The summed E-state index contributed by atoms with van der Waals surface area (Å²) in [6, 6.07) is 3.83. The van der Waals surface area contributed by atoms with Crippen LogP contribution in [0.5, 0.6) is 0 Å². The van der Waals surface area contributed by atoms with Crippen LogP contribution < -0.4 is 26.2 Å². The van der Waals surface area contributed by atoms with Crippen LogP contribution in [0.25, 0.3) is 0 Å². The standard InChI is InChI=1S/C22H23ClF3N5O5S/c1-2-27-21(35)30-15(10-28-20(34)16-5-6-17(23)37-16)19(33)29-14-4-3-12(9-13(14)22(24,25)26)31-7-8-36-11-18(31)32/h3-6,9,15H,2,7-8,10-11H2,1H3,(H,28,34)(H,29,33)(H2,27,30,35)/t15-/m0/s1. The number of halogens is 4. The van der Waals surface area contributed by atoms with E-state index in [-0.39, 0.29) is 36.9 Å². The molecule has 1 aliphatic heterocycles. The minimum Gasteiger partial charge on any atom is -0.370 e. The van der Waals surface area contributed by atoms with Gasteiger partial charge >= 0.3 is 12.2 Å². The third kappa shape index (κ3) is 7.57. The molecular formula is C22H23ClF3N5O5S. The molecule has 1 aromatic heterocycles. The van der Waals surface area contributed by atoms with Crippen LogP contribution in [-0.2, 0) is 20.5 Å². The van der Waals surface area contributed by atoms with Crippen molar-refractivity contribution in [2.24, 2.45) is 0 Å². The number of thiophene rings is 1. The van der Waals surface area contributed by atoms with Crippen LogP contribution in [0.15, 0.2) is 30.3 Å². The molecule has 1 aliphatic rings. The van der Waals surface area contributed by atoms with Gasteiger partial charge in [0.05, 0.1) is 27.1 Å². The van der Waals surface area contributed by atoms with E-state index in [0.717, 1.165) is 28.4 Å². The van der Waals surface area contributed by atoms with Crippen LogP contribution in [0, 0.1) is 0 Å². The lowest BCUT2D eigenvalue weighted by Crippen LogP contribution is -2.53. The molecule has 37 heavy (non-hydrogen) atoms. The lowest BCUT2D eigenvalue weighted by atomic mass is 10.1. The van der Waals surface area contributed by atoms with Gasteiger partial charge in [-0.05, 0) is 37.3 Å². The summed E-state index contributed by atoms with van der Waals surface area (Å²) in [6.07, 6.45) is -4.87. The third-order valence-electron chi connectivity index (χ3n) is 5.09. The Morgan fingerprint density at radius 3 is 2.57 bits per heavy atom. The number of anilines is 2. The molecule has 1 atom stereocenters. The van der Waals surface area contributed by atoms with Gasteiger partial charge < -0.3 is 30.9 Å². The van der Waals surface area contributed by atoms with Crippen molar-refractivity contribution in [1.82, 2.24) is 16.0 Å². The molecule has 4 N–H and O–H groups in total. The highest BCUT2D eigenvalue weighted by Crippen LogP contribution is 2.37. The maximum Gasteiger partial charge on any atom is 0.418 e. The Morgan fingerprint density at radius 1 is 1.19 bits per heavy atom. The predicted molar refractivity (Wildman–Crippen MR) is 131 cm³/mol. The molecule has 0 spiro atoms. The minimum absolute atomic E-state index is 0.00232. The van der Waals surface area contributed by atoms with Crippen molar-refractivity contribution in [3.05, 3.63) is 45.1 Å². The largest absolute Gasteiger partial charge is 0.418 e. The van der Waals surface area contributed by atoms with Gasteiger partial charge in [-0.25, -0.2) is 4.79 Å². The second-order valence-electron chi connectivity index (χ2n) is 7.69. The zero-order valence-electron chi connectivity index (χ0n) is 19.4. The smallest absolute Gasteiger partial charge is 0.370 e. The van der Waals surface area contributed by atoms with Gasteiger partial charge in [0.25, 0.3) is 11.8 Å². The fourth-order valence-electron chi connectivity index (χ4n) is 3.35. The van der Waals surface area contributed by atoms with Gasteiger partial charge in [-0.15, -0.1) is 11.3 Å². The average molecular weight is 562 g/mol. The number of hydrogen-bond donors (Lipinski definition) is 4. The third-order valence-corrected chi connectivity index (χ3v) is 6.32. The first kappa shape index (κ1) is 28.2. The molecule has 0 bridgehead atoms. The number of ether oxygens (including phenoxy) is 1. The summed E-state index contributed by atoms with van der Waals surface area (Å²) in [7, 11) is 0. The second-order valence-corrected chi connectivity index (χ2v) is 9.40. The van der Waals surface area contributed by atoms with Crippen LogP contribution in [0.2, 0.25) is 4.34 Å². The maximum absolute atomic E-state index is 13.9. The zero-order valence-corrected chi connectivity index (χ0v) is 21.0. The van der Waals surface area contributed by atoms with Gasteiger partial charge in [-0.2, -0.15) is 13.2 Å². The second kappa shape index (κ2) is 12.3. The number of rotatable bonds is 8. The number of nitrogens with one attached hydrogen (secondary N) is 4. The Morgan fingerprint density at radius 2 is 1.95 bits per heavy atom. The van der Waals surface area contributed by atoms with E-state index in [9.17, 15) is 32.3 Å². The van der Waals surface area contributed by atoms with E-state index >= 15 is 0 Å². The lowest BCUT2D eigenvalue weighted by Gasteiger charge is -2.28. The molecule has 15 heteroatoms. The van der Waals surface area contributed by atoms with Crippen molar-refractivity contribution in [3.8, 4) is 0 Å². The Balaban J connectivity index is 1.81. The molecule has 2 heterocycles. The number of carbonyl (C=O) groups is 4. The molecule has 0 saturated carbocycles. The summed E-state index contributed by atoms with van der Waals surface area (Å²) in [5.74, 6) is -2.08. The summed E-state index contributed by atoms with van der Waals surface area (Å²) in [5, 5.41) is 9.38. The van der Waals surface area contributed by atoms with E-state index in [1.165, 1.54) is 18.2 Å². The van der Waals surface area contributed by atoms with E-state index in [2.05, 4.69) is 21.3 Å². The van der Waals surface area contributed by atoms with Crippen LogP contribution in [-0.4, -0.2) is 62.6 Å². The van der Waals surface area contributed by atoms with Gasteiger partial charge in [-0.3, -0.25) is 14.4 Å². The van der Waals surface area contributed by atoms with Gasteiger partial charge in [0, 0.05) is 25.3 Å². The van der Waals surface area contributed by atoms with Crippen molar-refractivity contribution >= 4 is 58.1 Å². The average Bonchev–Trinajstić information content (AvgIpc) is 3.28. The first-order valence-corrected chi connectivity index (χ1v) is 12.2. The molecule has 3 rings (SSSR count). The van der Waals surface area contributed by atoms with E-state index in [1.54, 1.807) is 6.92 Å². The van der Waals surface area contributed by atoms with Crippen molar-refractivity contribution in [1.29, 1.82) is 0 Å². The van der Waals surface area contributed by atoms with E-state index in [1.807, 2.05) is 0 Å². The molecule has 0 radical (unpaired) electrons. The van der Waals surface area contributed by atoms with Gasteiger partial charge in [-0.1, -0.05) is 11.6 Å². The monoisotopic (exact) mass is 561 g/mol. The van der Waals surface area contributed by atoms with Crippen LogP contribution in [0.3, 0.4) is 0 Å². The highest BCUT2D eigenvalue weighted by Gasteiger charge is 2.36. The molecule has 0 aliphatic carbocycles. The van der Waals surface area contributed by atoms with E-state index < -0.39 is 53.8 Å². The molecule has 200 valence electrons. The van der Waals surface area contributed by atoms with Gasteiger partial charge in [0.2, 0.25) is 5.91 Å². The van der Waals surface area contributed by atoms with Gasteiger partial charge in [0.15, 0.2) is 0 Å². The lowest BCUT2D eigenvalue weighted by molar-refractivity contribution is -0.137. The van der Waals surface area contributed by atoms with Crippen molar-refractivity contribution in [2.75, 3.05) is 43.1 Å². The molecule has 1 fully saturated rings. The fraction of sp³-hybridized carbons (Fsp3) is 0.364. The van der Waals surface area contributed by atoms with E-state index in [0.29, 0.717) is 4.34 Å². The number of urea groups is 1. The first-order chi connectivity index (χ1) is 17.5. The Labute approximate surface area is 218 Å². The topological polar surface area (TPSA) is 129 Å². The highest BCUT2D eigenvalue weighted by atomic mass is 35.5. The number of amides is 5. The SMILES string of the molecule is CCNC(=O)N[C@@H](CNC(=O)c1ccc(Cl)s1)C(=O)Nc1ccc(N2CCOCC2=O)cc1C(F)(F)F. The maximum atomic E-state index is 13.9. The predicted octanol–water partition coefficient (Wildman–Crippen LogP) is 2.84. The Bertz CT molecular complexity index is 1180. The van der Waals surface area contributed by atoms with Crippen LogP contribution in [0.4, 0.5) is 29.3 Å². The quantitative estimate of drug-likeness (QED) is 0.394. The number of carbonyl (C=O) groups excluding carboxylic acids is 4. The number of benzene rings is 1. The van der Waals surface area contributed by atoms with Crippen molar-refractivity contribution in [3.63, 3.8) is 0 Å². The summed E-state index contributed by atoms with van der Waals surface area (Å²) < 4.78 is 47.0. The summed E-state index contributed by atoms with van der Waals surface area (Å²) in [5.41, 5.74) is -1.77. The van der Waals surface area contributed by atoms with Crippen molar-refractivity contribution in [2.45, 2.75) is 19.1 Å². The van der Waals surface area contributed by atoms with E-state index in [4.69, 9.17) is 16.3 Å². The van der Waals surface area contributed by atoms with Crippen LogP contribution >= 0.6 is 22.9 Å². The molecule has 0 unspecified atom stereocenters. The summed E-state index contributed by atoms with van der Waals surface area (Å²) >= 11 is 6.81. The fourth-order valence-corrected chi connectivity index (χ4v) is 4.31. The number of alkyl halides is 3. The van der Waals surface area contributed by atoms with Crippen molar-refractivity contribution < 1.29 is 37.1 Å². The highest BCUT2D eigenvalue weighted by molar-refractivity contribution is 7.18.